The predicted molar refractivity (Wildman–Crippen MR) is 61.7 cm³/mol. The summed E-state index contributed by atoms with van der Waals surface area (Å²) in [5.74, 6) is 0.371. The Bertz CT molecular complexity index is 584. The number of hydrogen-bond donors (Lipinski definition) is 2. The Morgan fingerprint density at radius 3 is 2.88 bits per heavy atom. The fourth-order valence-corrected chi connectivity index (χ4v) is 2.31. The molecule has 0 radical (unpaired) electrons. The second kappa shape index (κ2) is 3.88. The zero-order valence-electron chi connectivity index (χ0n) is 8.83. The van der Waals surface area contributed by atoms with Crippen LogP contribution in [0.3, 0.4) is 0 Å². The van der Waals surface area contributed by atoms with E-state index < -0.39 is 0 Å². The van der Waals surface area contributed by atoms with Gasteiger partial charge in [-0.15, -0.1) is 5.10 Å². The summed E-state index contributed by atoms with van der Waals surface area (Å²) in [4.78, 5) is 19.6. The second-order valence-corrected chi connectivity index (χ2v) is 4.78. The van der Waals surface area contributed by atoms with Crippen LogP contribution in [0, 0.1) is 0 Å². The Labute approximate surface area is 100 Å². The largest absolute Gasteiger partial charge is 0.382 e. The van der Waals surface area contributed by atoms with Crippen molar-refractivity contribution in [1.29, 1.82) is 0 Å². The van der Waals surface area contributed by atoms with E-state index >= 15 is 0 Å². The highest BCUT2D eigenvalue weighted by molar-refractivity contribution is 7.99. The lowest BCUT2D eigenvalue weighted by molar-refractivity contribution is 0.642. The van der Waals surface area contributed by atoms with E-state index in [2.05, 4.69) is 20.2 Å². The molecule has 88 valence electrons. The van der Waals surface area contributed by atoms with Crippen LogP contribution in [0.1, 0.15) is 18.9 Å². The molecule has 2 aromatic rings. The van der Waals surface area contributed by atoms with Crippen LogP contribution in [0.25, 0.3) is 0 Å². The van der Waals surface area contributed by atoms with Crippen LogP contribution in [0.15, 0.2) is 27.4 Å². The molecule has 1 saturated carbocycles. The Morgan fingerprint density at radius 2 is 2.24 bits per heavy atom. The van der Waals surface area contributed by atoms with Crippen molar-refractivity contribution in [2.45, 2.75) is 29.1 Å². The molecule has 0 aromatic carbocycles. The van der Waals surface area contributed by atoms with Gasteiger partial charge in [0.1, 0.15) is 10.8 Å². The molecule has 2 heterocycles. The summed E-state index contributed by atoms with van der Waals surface area (Å²) < 4.78 is 1.67. The molecular weight excluding hydrogens is 240 g/mol. The van der Waals surface area contributed by atoms with Gasteiger partial charge in [-0.25, -0.2) is 19.9 Å². The monoisotopic (exact) mass is 250 g/mol. The molecule has 0 aliphatic heterocycles. The molecule has 3 rings (SSSR count). The quantitative estimate of drug-likeness (QED) is 0.818. The molecule has 17 heavy (non-hydrogen) atoms. The number of hydrogen-bond acceptors (Lipinski definition) is 6. The summed E-state index contributed by atoms with van der Waals surface area (Å²) in [6, 6.07) is 0.283. The summed E-state index contributed by atoms with van der Waals surface area (Å²) >= 11 is 1.30. The van der Waals surface area contributed by atoms with Gasteiger partial charge in [-0.3, -0.25) is 4.57 Å². The molecule has 0 unspecified atom stereocenters. The van der Waals surface area contributed by atoms with Gasteiger partial charge in [-0.2, -0.15) is 0 Å². The molecule has 0 amide bonds. The Kier molecular flexibility index (Phi) is 2.36. The summed E-state index contributed by atoms with van der Waals surface area (Å²) in [5.41, 5.74) is 5.28. The number of nitrogens with two attached hydrogens (primary N) is 1. The van der Waals surface area contributed by atoms with E-state index in [-0.39, 0.29) is 11.7 Å². The number of nitrogens with zero attached hydrogens (tertiary/aromatic N) is 4. The van der Waals surface area contributed by atoms with Crippen LogP contribution < -0.4 is 11.4 Å². The minimum Gasteiger partial charge on any atom is -0.382 e. The molecule has 8 heteroatoms. The van der Waals surface area contributed by atoms with E-state index in [1.54, 1.807) is 10.8 Å². The van der Waals surface area contributed by atoms with E-state index in [4.69, 9.17) is 5.73 Å². The van der Waals surface area contributed by atoms with Crippen LogP contribution in [-0.2, 0) is 0 Å². The van der Waals surface area contributed by atoms with Crippen molar-refractivity contribution in [3.05, 3.63) is 22.9 Å². The average Bonchev–Trinajstić information content (AvgIpc) is 3.08. The summed E-state index contributed by atoms with van der Waals surface area (Å²) in [7, 11) is 0. The first kappa shape index (κ1) is 10.3. The molecular formula is C9H10N6OS. The molecule has 1 aliphatic rings. The maximum atomic E-state index is 11.5. The van der Waals surface area contributed by atoms with Crippen LogP contribution in [0.4, 0.5) is 5.82 Å². The third kappa shape index (κ3) is 2.03. The number of aromatic nitrogens is 5. The zero-order valence-corrected chi connectivity index (χ0v) is 9.65. The number of nitrogen functional groups attached to an aromatic ring is 1. The SMILES string of the molecule is Nc1cnc(Sc2n[nH]c(=O)n2C2CC2)cn1. The van der Waals surface area contributed by atoms with Crippen molar-refractivity contribution < 1.29 is 0 Å². The molecule has 0 saturated heterocycles. The van der Waals surface area contributed by atoms with Gasteiger partial charge in [-0.1, -0.05) is 0 Å². The fraction of sp³-hybridized carbons (Fsp3) is 0.333. The lowest BCUT2D eigenvalue weighted by Crippen LogP contribution is -2.16. The summed E-state index contributed by atoms with van der Waals surface area (Å²) in [6.45, 7) is 0. The van der Waals surface area contributed by atoms with Crippen molar-refractivity contribution in [2.75, 3.05) is 5.73 Å². The van der Waals surface area contributed by atoms with Gasteiger partial charge in [-0.05, 0) is 24.6 Å². The topological polar surface area (TPSA) is 102 Å². The number of aromatic amines is 1. The highest BCUT2D eigenvalue weighted by Gasteiger charge is 2.28. The highest BCUT2D eigenvalue weighted by atomic mass is 32.2. The van der Waals surface area contributed by atoms with E-state index in [1.807, 2.05) is 0 Å². The van der Waals surface area contributed by atoms with Gasteiger partial charge in [0.2, 0.25) is 0 Å². The van der Waals surface area contributed by atoms with E-state index in [0.717, 1.165) is 12.8 Å². The molecule has 0 bridgehead atoms. The number of H-pyrrole nitrogens is 1. The van der Waals surface area contributed by atoms with Crippen LogP contribution in [-0.4, -0.2) is 24.7 Å². The lowest BCUT2D eigenvalue weighted by atomic mass is 10.7. The van der Waals surface area contributed by atoms with Gasteiger partial charge in [0.25, 0.3) is 0 Å². The predicted octanol–water partition coefficient (Wildman–Crippen LogP) is 0.430. The van der Waals surface area contributed by atoms with E-state index in [0.29, 0.717) is 16.0 Å². The van der Waals surface area contributed by atoms with E-state index in [1.165, 1.54) is 18.0 Å². The lowest BCUT2D eigenvalue weighted by Gasteiger charge is -2.02. The van der Waals surface area contributed by atoms with E-state index in [9.17, 15) is 4.79 Å². The molecule has 1 fully saturated rings. The van der Waals surface area contributed by atoms with Crippen LogP contribution in [0.5, 0.6) is 0 Å². The Morgan fingerprint density at radius 1 is 1.41 bits per heavy atom. The molecule has 3 N–H and O–H groups in total. The number of anilines is 1. The number of nitrogens with one attached hydrogen (secondary N) is 1. The molecule has 2 aromatic heterocycles. The summed E-state index contributed by atoms with van der Waals surface area (Å²) in [6.07, 6.45) is 5.10. The maximum absolute atomic E-state index is 11.5. The third-order valence-electron chi connectivity index (χ3n) is 2.43. The van der Waals surface area contributed by atoms with Crippen LogP contribution >= 0.6 is 11.8 Å². The van der Waals surface area contributed by atoms with Crippen molar-refractivity contribution in [3.63, 3.8) is 0 Å². The Balaban J connectivity index is 1.90. The van der Waals surface area contributed by atoms with Crippen LogP contribution in [0.2, 0.25) is 0 Å². The molecule has 1 aliphatic carbocycles. The zero-order chi connectivity index (χ0) is 11.8. The van der Waals surface area contributed by atoms with Crippen molar-refractivity contribution >= 4 is 17.6 Å². The van der Waals surface area contributed by atoms with Gasteiger partial charge in [0, 0.05) is 6.04 Å². The molecule has 7 nitrogen and oxygen atoms in total. The van der Waals surface area contributed by atoms with Gasteiger partial charge >= 0.3 is 5.69 Å². The normalized spacial score (nSPS) is 15.1. The average molecular weight is 250 g/mol. The van der Waals surface area contributed by atoms with Crippen molar-refractivity contribution in [3.8, 4) is 0 Å². The summed E-state index contributed by atoms with van der Waals surface area (Å²) in [5, 5.41) is 7.73. The first-order chi connectivity index (χ1) is 8.24. The smallest absolute Gasteiger partial charge is 0.344 e. The first-order valence-electron chi connectivity index (χ1n) is 5.16. The molecule has 0 spiro atoms. The minimum absolute atomic E-state index is 0.168. The standard InChI is InChI=1S/C9H10N6OS/c10-6-3-12-7(4-11-6)17-9-14-13-8(16)15(9)5-1-2-5/h3-5H,1-2H2,(H2,10,11)(H,13,16). The Hall–Kier alpha value is -1.83. The number of rotatable bonds is 3. The molecule has 0 atom stereocenters. The maximum Gasteiger partial charge on any atom is 0.344 e. The fourth-order valence-electron chi connectivity index (χ4n) is 1.49. The van der Waals surface area contributed by atoms with Crippen molar-refractivity contribution in [1.82, 2.24) is 24.7 Å². The highest BCUT2D eigenvalue weighted by Crippen LogP contribution is 2.37. The minimum atomic E-state index is -0.168. The van der Waals surface area contributed by atoms with Gasteiger partial charge < -0.3 is 5.73 Å². The first-order valence-corrected chi connectivity index (χ1v) is 5.98. The second-order valence-electron chi connectivity index (χ2n) is 3.79. The van der Waals surface area contributed by atoms with Gasteiger partial charge in [0.05, 0.1) is 12.4 Å². The van der Waals surface area contributed by atoms with Crippen molar-refractivity contribution in [2.24, 2.45) is 0 Å². The third-order valence-corrected chi connectivity index (χ3v) is 3.32. The van der Waals surface area contributed by atoms with Gasteiger partial charge in [0.15, 0.2) is 5.16 Å².